The molecule has 0 bridgehead atoms. The second-order valence-electron chi connectivity index (χ2n) is 6.23. The van der Waals surface area contributed by atoms with E-state index in [0.717, 1.165) is 5.56 Å². The summed E-state index contributed by atoms with van der Waals surface area (Å²) in [7, 11) is 0. The van der Waals surface area contributed by atoms with Crippen molar-refractivity contribution in [3.63, 3.8) is 0 Å². The van der Waals surface area contributed by atoms with Crippen LogP contribution in [0.1, 0.15) is 40.2 Å². The lowest BCUT2D eigenvalue weighted by molar-refractivity contribution is -0.152. The fourth-order valence-corrected chi connectivity index (χ4v) is 1.96. The molecule has 22 heavy (non-hydrogen) atoms. The zero-order valence-corrected chi connectivity index (χ0v) is 13.8. The van der Waals surface area contributed by atoms with Crippen molar-refractivity contribution >= 4 is 17.6 Å². The summed E-state index contributed by atoms with van der Waals surface area (Å²) in [5.41, 5.74) is 4.78. The number of esters is 1. The Balaban J connectivity index is 3.47. The summed E-state index contributed by atoms with van der Waals surface area (Å²) < 4.78 is 4.97. The van der Waals surface area contributed by atoms with Crippen molar-refractivity contribution < 1.29 is 14.3 Å². The molecule has 0 spiro atoms. The Morgan fingerprint density at radius 3 is 2.09 bits per heavy atom. The molecule has 0 radical (unpaired) electrons. The normalized spacial score (nSPS) is 15.0. The lowest BCUT2D eigenvalue weighted by Gasteiger charge is -2.27. The minimum absolute atomic E-state index is 0.160. The van der Waals surface area contributed by atoms with E-state index < -0.39 is 17.4 Å². The fourth-order valence-electron chi connectivity index (χ4n) is 1.96. The maximum Gasteiger partial charge on any atom is 0.343 e. The van der Waals surface area contributed by atoms with E-state index in [2.05, 4.69) is 4.99 Å². The number of benzene rings is 1. The molecule has 0 heterocycles. The standard InChI is InChI=1S/C17H24N2O3/c1-6-22-15(21)17(5,14(18)20)19-13(16(2,3)4)12-10-8-7-9-11-12/h7-11H,6H2,1-5H3,(H2,18,20). The van der Waals surface area contributed by atoms with Gasteiger partial charge in [0.25, 0.3) is 5.91 Å². The number of carbonyl (C=O) groups is 2. The Bertz CT molecular complexity index is 573. The summed E-state index contributed by atoms with van der Waals surface area (Å²) in [5.74, 6) is -1.57. The predicted octanol–water partition coefficient (Wildman–Crippen LogP) is 2.33. The van der Waals surface area contributed by atoms with Crippen molar-refractivity contribution in [3.05, 3.63) is 35.9 Å². The first-order valence-corrected chi connectivity index (χ1v) is 7.25. The van der Waals surface area contributed by atoms with Gasteiger partial charge in [0.1, 0.15) is 0 Å². The van der Waals surface area contributed by atoms with Gasteiger partial charge in [0.15, 0.2) is 0 Å². The van der Waals surface area contributed by atoms with Gasteiger partial charge in [0, 0.05) is 11.1 Å². The molecule has 0 aliphatic carbocycles. The molecule has 5 heteroatoms. The Morgan fingerprint density at radius 1 is 1.14 bits per heavy atom. The smallest absolute Gasteiger partial charge is 0.343 e. The lowest BCUT2D eigenvalue weighted by atomic mass is 9.84. The molecule has 0 aromatic heterocycles. The fraction of sp³-hybridized carbons (Fsp3) is 0.471. The van der Waals surface area contributed by atoms with E-state index in [-0.39, 0.29) is 12.0 Å². The topological polar surface area (TPSA) is 81.8 Å². The number of nitrogens with zero attached hydrogens (tertiary/aromatic N) is 1. The van der Waals surface area contributed by atoms with E-state index in [9.17, 15) is 9.59 Å². The minimum atomic E-state index is -1.74. The highest BCUT2D eigenvalue weighted by Crippen LogP contribution is 2.26. The van der Waals surface area contributed by atoms with Crippen molar-refractivity contribution in [2.45, 2.75) is 40.2 Å². The quantitative estimate of drug-likeness (QED) is 0.515. The number of nitrogens with two attached hydrogens (primary N) is 1. The number of amides is 1. The van der Waals surface area contributed by atoms with Gasteiger partial charge in [-0.1, -0.05) is 51.1 Å². The van der Waals surface area contributed by atoms with Crippen LogP contribution >= 0.6 is 0 Å². The molecule has 1 aromatic carbocycles. The van der Waals surface area contributed by atoms with Crippen LogP contribution in [0.2, 0.25) is 0 Å². The zero-order chi connectivity index (χ0) is 17.0. The molecule has 1 amide bonds. The summed E-state index contributed by atoms with van der Waals surface area (Å²) >= 11 is 0. The van der Waals surface area contributed by atoms with Gasteiger partial charge in [-0.25, -0.2) is 4.79 Å². The van der Waals surface area contributed by atoms with Gasteiger partial charge < -0.3 is 10.5 Å². The largest absolute Gasteiger partial charge is 0.464 e. The van der Waals surface area contributed by atoms with Crippen molar-refractivity contribution in [1.29, 1.82) is 0 Å². The number of rotatable bonds is 5. The van der Waals surface area contributed by atoms with Crippen LogP contribution in [0.3, 0.4) is 0 Å². The van der Waals surface area contributed by atoms with Crippen molar-refractivity contribution in [3.8, 4) is 0 Å². The van der Waals surface area contributed by atoms with Crippen molar-refractivity contribution in [2.24, 2.45) is 16.1 Å². The third kappa shape index (κ3) is 3.93. The highest BCUT2D eigenvalue weighted by Gasteiger charge is 2.42. The lowest BCUT2D eigenvalue weighted by Crippen LogP contribution is -2.49. The molecule has 0 saturated heterocycles. The molecule has 1 rings (SSSR count). The van der Waals surface area contributed by atoms with Crippen LogP contribution in [0.5, 0.6) is 0 Å². The Morgan fingerprint density at radius 2 is 1.68 bits per heavy atom. The van der Waals surface area contributed by atoms with Gasteiger partial charge in [0.05, 0.1) is 6.61 Å². The van der Waals surface area contributed by atoms with Gasteiger partial charge in [-0.3, -0.25) is 9.79 Å². The van der Waals surface area contributed by atoms with E-state index in [4.69, 9.17) is 10.5 Å². The van der Waals surface area contributed by atoms with Crippen LogP contribution in [0, 0.1) is 5.41 Å². The second-order valence-corrected chi connectivity index (χ2v) is 6.23. The summed E-state index contributed by atoms with van der Waals surface area (Å²) in [4.78, 5) is 28.5. The third-order valence-corrected chi connectivity index (χ3v) is 3.25. The van der Waals surface area contributed by atoms with Crippen LogP contribution in [0.25, 0.3) is 0 Å². The summed E-state index contributed by atoms with van der Waals surface area (Å²) in [6, 6.07) is 9.42. The molecule has 0 fully saturated rings. The van der Waals surface area contributed by atoms with Crippen LogP contribution in [-0.4, -0.2) is 29.7 Å². The maximum absolute atomic E-state index is 12.2. The average Bonchev–Trinajstić information content (AvgIpc) is 2.44. The molecule has 0 aliphatic rings. The van der Waals surface area contributed by atoms with Crippen LogP contribution in [0.4, 0.5) is 0 Å². The Hall–Kier alpha value is -2.17. The van der Waals surface area contributed by atoms with E-state index in [1.165, 1.54) is 6.92 Å². The van der Waals surface area contributed by atoms with Gasteiger partial charge in [-0.2, -0.15) is 0 Å². The predicted molar refractivity (Wildman–Crippen MR) is 86.7 cm³/mol. The van der Waals surface area contributed by atoms with Crippen molar-refractivity contribution in [2.75, 3.05) is 6.61 Å². The molecular formula is C17H24N2O3. The second kappa shape index (κ2) is 6.73. The van der Waals surface area contributed by atoms with Gasteiger partial charge in [-0.05, 0) is 19.4 Å². The molecule has 2 N–H and O–H groups in total. The first kappa shape index (κ1) is 17.9. The minimum Gasteiger partial charge on any atom is -0.464 e. The van der Waals surface area contributed by atoms with Gasteiger partial charge >= 0.3 is 5.97 Å². The SMILES string of the molecule is CCOC(=O)C(C)(N=C(c1ccccc1)C(C)(C)C)C(N)=O. The van der Waals surface area contributed by atoms with E-state index in [0.29, 0.717) is 5.71 Å². The first-order chi connectivity index (χ1) is 10.1. The van der Waals surface area contributed by atoms with E-state index >= 15 is 0 Å². The van der Waals surface area contributed by atoms with Crippen LogP contribution in [0.15, 0.2) is 35.3 Å². The molecule has 0 saturated carbocycles. The molecule has 5 nitrogen and oxygen atoms in total. The summed E-state index contributed by atoms with van der Waals surface area (Å²) in [5, 5.41) is 0. The monoisotopic (exact) mass is 304 g/mol. The number of hydrogen-bond acceptors (Lipinski definition) is 4. The van der Waals surface area contributed by atoms with E-state index in [1.807, 2.05) is 51.1 Å². The molecule has 120 valence electrons. The number of primary amides is 1. The first-order valence-electron chi connectivity index (χ1n) is 7.25. The van der Waals surface area contributed by atoms with Crippen LogP contribution in [-0.2, 0) is 14.3 Å². The summed E-state index contributed by atoms with van der Waals surface area (Å²) in [6.45, 7) is 9.11. The average molecular weight is 304 g/mol. The molecule has 1 atom stereocenters. The number of carbonyl (C=O) groups excluding carboxylic acids is 2. The zero-order valence-electron chi connectivity index (χ0n) is 13.8. The van der Waals surface area contributed by atoms with Crippen molar-refractivity contribution in [1.82, 2.24) is 0 Å². The molecule has 1 aromatic rings. The van der Waals surface area contributed by atoms with Gasteiger partial charge in [-0.15, -0.1) is 0 Å². The van der Waals surface area contributed by atoms with Gasteiger partial charge in [0.2, 0.25) is 5.54 Å². The number of hydrogen-bond donors (Lipinski definition) is 1. The Labute approximate surface area is 131 Å². The highest BCUT2D eigenvalue weighted by molar-refractivity contribution is 6.12. The third-order valence-electron chi connectivity index (χ3n) is 3.25. The molecule has 1 unspecified atom stereocenters. The van der Waals surface area contributed by atoms with E-state index in [1.54, 1.807) is 6.92 Å². The number of aliphatic imine (C=N–C) groups is 1. The maximum atomic E-state index is 12.2. The summed E-state index contributed by atoms with van der Waals surface area (Å²) in [6.07, 6.45) is 0. The van der Waals surface area contributed by atoms with Crippen LogP contribution < -0.4 is 5.73 Å². The number of ether oxygens (including phenoxy) is 1. The highest BCUT2D eigenvalue weighted by atomic mass is 16.5. The molecule has 0 aliphatic heterocycles. The molecular weight excluding hydrogens is 280 g/mol. The Kier molecular flexibility index (Phi) is 5.47.